The van der Waals surface area contributed by atoms with Crippen molar-refractivity contribution in [3.05, 3.63) is 27.9 Å². The lowest BCUT2D eigenvalue weighted by atomic mass is 10.2. The minimum Gasteiger partial charge on any atom is -0.477 e. The molecule has 0 radical (unpaired) electrons. The van der Waals surface area contributed by atoms with Crippen molar-refractivity contribution in [3.63, 3.8) is 0 Å². The second-order valence-electron chi connectivity index (χ2n) is 3.98. The second-order valence-corrected chi connectivity index (χ2v) is 3.98. The fourth-order valence-electron chi connectivity index (χ4n) is 1.60. The molecule has 1 aromatic rings. The average molecular weight is 253 g/mol. The SMILES string of the molecule is CCCC(C)Nc1cc(C(=O)O)c([N+](=O)[O-])cn1. The van der Waals surface area contributed by atoms with E-state index in [1.165, 1.54) is 6.07 Å². The molecule has 0 aliphatic carbocycles. The summed E-state index contributed by atoms with van der Waals surface area (Å²) in [5, 5.41) is 22.6. The fourth-order valence-corrected chi connectivity index (χ4v) is 1.60. The van der Waals surface area contributed by atoms with Crippen LogP contribution in [0.3, 0.4) is 0 Å². The van der Waals surface area contributed by atoms with Gasteiger partial charge in [0.1, 0.15) is 17.6 Å². The molecule has 1 rings (SSSR count). The van der Waals surface area contributed by atoms with Crippen LogP contribution >= 0.6 is 0 Å². The quantitative estimate of drug-likeness (QED) is 0.595. The Balaban J connectivity index is 3.00. The summed E-state index contributed by atoms with van der Waals surface area (Å²) in [6.45, 7) is 3.97. The van der Waals surface area contributed by atoms with Crippen molar-refractivity contribution >= 4 is 17.5 Å². The van der Waals surface area contributed by atoms with Crippen LogP contribution in [0.5, 0.6) is 0 Å². The van der Waals surface area contributed by atoms with Crippen LogP contribution in [0.25, 0.3) is 0 Å². The Morgan fingerprint density at radius 2 is 2.33 bits per heavy atom. The van der Waals surface area contributed by atoms with E-state index in [-0.39, 0.29) is 11.6 Å². The van der Waals surface area contributed by atoms with Crippen LogP contribution in [0.1, 0.15) is 37.0 Å². The van der Waals surface area contributed by atoms with Gasteiger partial charge < -0.3 is 10.4 Å². The Morgan fingerprint density at radius 1 is 1.67 bits per heavy atom. The topological polar surface area (TPSA) is 105 Å². The molecule has 1 aromatic heterocycles. The molecule has 0 aromatic carbocycles. The molecule has 0 fully saturated rings. The van der Waals surface area contributed by atoms with Crippen molar-refractivity contribution in [2.45, 2.75) is 32.7 Å². The van der Waals surface area contributed by atoms with E-state index in [1.807, 2.05) is 13.8 Å². The highest BCUT2D eigenvalue weighted by Gasteiger charge is 2.21. The molecular formula is C11H15N3O4. The number of nitro groups is 1. The lowest BCUT2D eigenvalue weighted by Gasteiger charge is -2.13. The summed E-state index contributed by atoms with van der Waals surface area (Å²) >= 11 is 0. The number of aromatic nitrogens is 1. The number of carbonyl (C=O) groups is 1. The van der Waals surface area contributed by atoms with Crippen molar-refractivity contribution < 1.29 is 14.8 Å². The van der Waals surface area contributed by atoms with Gasteiger partial charge in [-0.1, -0.05) is 13.3 Å². The number of carboxylic acid groups (broad SMARTS) is 1. The lowest BCUT2D eigenvalue weighted by Crippen LogP contribution is -2.16. The molecule has 0 aliphatic heterocycles. The first-order chi connectivity index (χ1) is 8.45. The van der Waals surface area contributed by atoms with Crippen LogP contribution in [0.4, 0.5) is 11.5 Å². The molecule has 1 atom stereocenters. The van der Waals surface area contributed by atoms with E-state index in [0.717, 1.165) is 19.0 Å². The van der Waals surface area contributed by atoms with Crippen LogP contribution in [0.2, 0.25) is 0 Å². The molecule has 18 heavy (non-hydrogen) atoms. The third-order valence-electron chi connectivity index (χ3n) is 2.43. The maximum absolute atomic E-state index is 10.9. The highest BCUT2D eigenvalue weighted by Crippen LogP contribution is 2.20. The van der Waals surface area contributed by atoms with Gasteiger partial charge in [0.2, 0.25) is 0 Å². The third-order valence-corrected chi connectivity index (χ3v) is 2.43. The predicted molar refractivity (Wildman–Crippen MR) is 65.8 cm³/mol. The summed E-state index contributed by atoms with van der Waals surface area (Å²) < 4.78 is 0. The Hall–Kier alpha value is -2.18. The maximum Gasteiger partial charge on any atom is 0.342 e. The molecule has 2 N–H and O–H groups in total. The summed E-state index contributed by atoms with van der Waals surface area (Å²) in [5.74, 6) is -1.01. The Bertz CT molecular complexity index is 462. The van der Waals surface area contributed by atoms with E-state index in [2.05, 4.69) is 10.3 Å². The molecular weight excluding hydrogens is 238 g/mol. The number of anilines is 1. The van der Waals surface area contributed by atoms with Gasteiger partial charge in [-0.2, -0.15) is 0 Å². The molecule has 0 aliphatic rings. The molecule has 7 nitrogen and oxygen atoms in total. The molecule has 1 heterocycles. The van der Waals surface area contributed by atoms with Gasteiger partial charge >= 0.3 is 11.7 Å². The normalized spacial score (nSPS) is 11.9. The summed E-state index contributed by atoms with van der Waals surface area (Å²) in [7, 11) is 0. The molecule has 0 saturated carbocycles. The van der Waals surface area contributed by atoms with Crippen LogP contribution in [0, 0.1) is 10.1 Å². The zero-order valence-corrected chi connectivity index (χ0v) is 10.2. The van der Waals surface area contributed by atoms with Gasteiger partial charge in [0, 0.05) is 12.1 Å². The summed E-state index contributed by atoms with van der Waals surface area (Å²) in [4.78, 5) is 24.7. The summed E-state index contributed by atoms with van der Waals surface area (Å²) in [5.41, 5.74) is -0.864. The Morgan fingerprint density at radius 3 is 2.83 bits per heavy atom. The summed E-state index contributed by atoms with van der Waals surface area (Å²) in [6, 6.07) is 1.32. The minimum absolute atomic E-state index is 0.130. The average Bonchev–Trinajstić information content (AvgIpc) is 2.28. The number of hydrogen-bond acceptors (Lipinski definition) is 5. The minimum atomic E-state index is -1.34. The Labute approximate surface area is 104 Å². The van der Waals surface area contributed by atoms with Crippen LogP contribution in [0.15, 0.2) is 12.3 Å². The van der Waals surface area contributed by atoms with E-state index >= 15 is 0 Å². The largest absolute Gasteiger partial charge is 0.477 e. The highest BCUT2D eigenvalue weighted by atomic mass is 16.6. The Kier molecular flexibility index (Phi) is 4.59. The maximum atomic E-state index is 10.9. The van der Waals surface area contributed by atoms with Gasteiger partial charge in [0.05, 0.1) is 4.92 Å². The number of carboxylic acids is 1. The number of aromatic carboxylic acids is 1. The standard InChI is InChI=1S/C11H15N3O4/c1-3-4-7(2)13-10-5-8(11(15)16)9(6-12-10)14(17)18/h5-7H,3-4H2,1-2H3,(H,12,13)(H,15,16). The number of hydrogen-bond donors (Lipinski definition) is 2. The lowest BCUT2D eigenvalue weighted by molar-refractivity contribution is -0.385. The monoisotopic (exact) mass is 253 g/mol. The van der Waals surface area contributed by atoms with Crippen molar-refractivity contribution in [3.8, 4) is 0 Å². The first-order valence-corrected chi connectivity index (χ1v) is 5.60. The van der Waals surface area contributed by atoms with Gasteiger partial charge in [-0.05, 0) is 13.3 Å². The van der Waals surface area contributed by atoms with Crippen molar-refractivity contribution in [1.29, 1.82) is 0 Å². The van der Waals surface area contributed by atoms with E-state index < -0.39 is 16.6 Å². The van der Waals surface area contributed by atoms with Gasteiger partial charge in [-0.15, -0.1) is 0 Å². The summed E-state index contributed by atoms with van der Waals surface area (Å²) in [6.07, 6.45) is 2.85. The van der Waals surface area contributed by atoms with Gasteiger partial charge in [-0.25, -0.2) is 9.78 Å². The first kappa shape index (κ1) is 13.9. The number of nitrogens with zero attached hydrogens (tertiary/aromatic N) is 2. The molecule has 0 spiro atoms. The van der Waals surface area contributed by atoms with Crippen LogP contribution in [-0.4, -0.2) is 27.0 Å². The molecule has 0 saturated heterocycles. The fraction of sp³-hybridized carbons (Fsp3) is 0.455. The smallest absolute Gasteiger partial charge is 0.342 e. The van der Waals surface area contributed by atoms with Crippen molar-refractivity contribution in [2.75, 3.05) is 5.32 Å². The third kappa shape index (κ3) is 3.41. The van der Waals surface area contributed by atoms with Crippen molar-refractivity contribution in [1.82, 2.24) is 4.98 Å². The number of rotatable bonds is 6. The number of nitrogens with one attached hydrogen (secondary N) is 1. The van der Waals surface area contributed by atoms with Gasteiger partial charge in [0.15, 0.2) is 0 Å². The van der Waals surface area contributed by atoms with E-state index in [1.54, 1.807) is 0 Å². The van der Waals surface area contributed by atoms with Gasteiger partial charge in [0.25, 0.3) is 0 Å². The van der Waals surface area contributed by atoms with E-state index in [0.29, 0.717) is 5.82 Å². The molecule has 1 unspecified atom stereocenters. The van der Waals surface area contributed by atoms with Crippen LogP contribution in [-0.2, 0) is 0 Å². The van der Waals surface area contributed by atoms with Crippen molar-refractivity contribution in [2.24, 2.45) is 0 Å². The zero-order valence-electron chi connectivity index (χ0n) is 10.2. The zero-order chi connectivity index (χ0) is 13.7. The van der Waals surface area contributed by atoms with E-state index in [9.17, 15) is 14.9 Å². The number of pyridine rings is 1. The first-order valence-electron chi connectivity index (χ1n) is 5.60. The highest BCUT2D eigenvalue weighted by molar-refractivity contribution is 5.93. The second kappa shape index (κ2) is 5.95. The predicted octanol–water partition coefficient (Wildman–Crippen LogP) is 2.29. The molecule has 0 bridgehead atoms. The van der Waals surface area contributed by atoms with E-state index in [4.69, 9.17) is 5.11 Å². The molecule has 98 valence electrons. The molecule has 0 amide bonds. The molecule has 7 heteroatoms. The van der Waals surface area contributed by atoms with Gasteiger partial charge in [-0.3, -0.25) is 10.1 Å². The van der Waals surface area contributed by atoms with Crippen LogP contribution < -0.4 is 5.32 Å².